The van der Waals surface area contributed by atoms with Gasteiger partial charge in [-0.15, -0.1) is 5.10 Å². The number of fused-ring (bicyclic) bond motifs is 5. The summed E-state index contributed by atoms with van der Waals surface area (Å²) in [7, 11) is 1.44. The van der Waals surface area contributed by atoms with Crippen LogP contribution in [0.15, 0.2) is 71.7 Å². The van der Waals surface area contributed by atoms with E-state index in [0.29, 0.717) is 16.7 Å². The van der Waals surface area contributed by atoms with E-state index in [0.717, 1.165) is 22.9 Å². The molecule has 1 aliphatic carbocycles. The van der Waals surface area contributed by atoms with Crippen LogP contribution in [0.4, 0.5) is 13.2 Å². The number of halogens is 3. The Labute approximate surface area is 240 Å². The van der Waals surface area contributed by atoms with E-state index in [1.54, 1.807) is 42.5 Å². The van der Waals surface area contributed by atoms with Crippen molar-refractivity contribution < 1.29 is 32.2 Å². The maximum atomic E-state index is 13.6. The number of pyridine rings is 1. The van der Waals surface area contributed by atoms with E-state index in [4.69, 9.17) is 14.7 Å². The van der Waals surface area contributed by atoms with Crippen molar-refractivity contribution in [1.82, 2.24) is 19.6 Å². The third kappa shape index (κ3) is 4.58. The molecule has 2 aromatic heterocycles. The second-order valence-corrected chi connectivity index (χ2v) is 9.53. The minimum absolute atomic E-state index is 0.145. The molecule has 0 radical (unpaired) electrons. The third-order valence-corrected chi connectivity index (χ3v) is 7.04. The lowest BCUT2D eigenvalue weighted by Gasteiger charge is -2.14. The Kier molecular flexibility index (Phi) is 6.53. The van der Waals surface area contributed by atoms with E-state index < -0.39 is 35.4 Å². The van der Waals surface area contributed by atoms with Gasteiger partial charge in [0.05, 0.1) is 53.0 Å². The van der Waals surface area contributed by atoms with E-state index >= 15 is 0 Å². The van der Waals surface area contributed by atoms with E-state index in [2.05, 4.69) is 10.3 Å². The molecular formula is C30H18F3N5O5. The highest BCUT2D eigenvalue weighted by Gasteiger charge is 2.36. The number of hydrogen-bond donors (Lipinski definition) is 0. The molecule has 0 aliphatic heterocycles. The van der Waals surface area contributed by atoms with Crippen molar-refractivity contribution in [2.45, 2.75) is 19.3 Å². The minimum Gasteiger partial charge on any atom is -0.496 e. The van der Waals surface area contributed by atoms with E-state index in [1.807, 2.05) is 0 Å². The number of ether oxygens (including phenoxy) is 2. The van der Waals surface area contributed by atoms with Crippen LogP contribution in [0.5, 0.6) is 5.75 Å². The van der Waals surface area contributed by atoms with Crippen LogP contribution in [0.25, 0.3) is 27.7 Å². The summed E-state index contributed by atoms with van der Waals surface area (Å²) >= 11 is 0. The lowest BCUT2D eigenvalue weighted by atomic mass is 10.0. The van der Waals surface area contributed by atoms with E-state index in [9.17, 15) is 27.6 Å². The molecule has 13 heteroatoms. The Morgan fingerprint density at radius 3 is 2.51 bits per heavy atom. The first-order chi connectivity index (χ1) is 20.6. The van der Waals surface area contributed by atoms with E-state index in [-0.39, 0.29) is 46.0 Å². The highest BCUT2D eigenvalue weighted by molar-refractivity contribution is 6.27. The number of alkyl halides is 3. The van der Waals surface area contributed by atoms with Gasteiger partial charge in [0.1, 0.15) is 24.6 Å². The standard InChI is InChI=1S/C30H18F3N5O5/c1-42-23-8-4-7-21-25(23)28(40)26-19-5-2-3-6-20(19)29(41)37(27(21)26)14-24(39)43-15-17-13-38(36-35-17)18-9-10-22(30(31,32)33)16(11-18)12-34/h2-11,13H,14-15H2,1H3. The normalized spacial score (nSPS) is 12.1. The topological polar surface area (TPSA) is 129 Å². The van der Waals surface area contributed by atoms with Crippen LogP contribution in [0.3, 0.4) is 0 Å². The van der Waals surface area contributed by atoms with Crippen molar-refractivity contribution in [3.63, 3.8) is 0 Å². The molecule has 0 bridgehead atoms. The van der Waals surface area contributed by atoms with Crippen LogP contribution >= 0.6 is 0 Å². The predicted molar refractivity (Wildman–Crippen MR) is 145 cm³/mol. The van der Waals surface area contributed by atoms with Gasteiger partial charge in [0.15, 0.2) is 5.78 Å². The number of benzene rings is 3. The van der Waals surface area contributed by atoms with Gasteiger partial charge < -0.3 is 9.47 Å². The molecule has 0 atom stereocenters. The van der Waals surface area contributed by atoms with Gasteiger partial charge in [0.25, 0.3) is 5.56 Å². The smallest absolute Gasteiger partial charge is 0.417 e. The summed E-state index contributed by atoms with van der Waals surface area (Å²) < 4.78 is 52.5. The average molecular weight is 585 g/mol. The quantitative estimate of drug-likeness (QED) is 0.263. The number of aromatic nitrogens is 4. The van der Waals surface area contributed by atoms with Gasteiger partial charge in [0.2, 0.25) is 0 Å². The molecule has 10 nitrogen and oxygen atoms in total. The highest BCUT2D eigenvalue weighted by Crippen LogP contribution is 2.43. The third-order valence-electron chi connectivity index (χ3n) is 7.04. The van der Waals surface area contributed by atoms with Crippen molar-refractivity contribution >= 4 is 22.5 Å². The highest BCUT2D eigenvalue weighted by atomic mass is 19.4. The molecule has 2 heterocycles. The second kappa shape index (κ2) is 10.3. The van der Waals surface area contributed by atoms with Gasteiger partial charge >= 0.3 is 12.1 Å². The summed E-state index contributed by atoms with van der Waals surface area (Å²) in [5.41, 5.74) is -0.551. The maximum absolute atomic E-state index is 13.6. The van der Waals surface area contributed by atoms with Gasteiger partial charge in [-0.1, -0.05) is 35.5 Å². The predicted octanol–water partition coefficient (Wildman–Crippen LogP) is 4.44. The molecular weight excluding hydrogens is 567 g/mol. The minimum atomic E-state index is -4.69. The van der Waals surface area contributed by atoms with Crippen molar-refractivity contribution in [3.8, 4) is 28.8 Å². The number of carbonyl (C=O) groups excluding carboxylic acids is 2. The molecule has 0 saturated carbocycles. The first kappa shape index (κ1) is 27.4. The molecule has 43 heavy (non-hydrogen) atoms. The number of ketones is 1. The number of esters is 1. The first-order valence-corrected chi connectivity index (χ1v) is 12.7. The lowest BCUT2D eigenvalue weighted by molar-refractivity contribution is -0.145. The number of carbonyl (C=O) groups is 2. The van der Waals surface area contributed by atoms with Crippen molar-refractivity contribution in [3.05, 3.63) is 105 Å². The van der Waals surface area contributed by atoms with Crippen LogP contribution < -0.4 is 10.3 Å². The Balaban J connectivity index is 1.28. The molecule has 3 aromatic carbocycles. The molecule has 0 unspecified atom stereocenters. The SMILES string of the molecule is COc1cccc2c1C(=O)c1c-2n(CC(=O)OCc2cn(-c3ccc(C(F)(F)F)c(C#N)c3)nn2)c(=O)c2ccccc12. The summed E-state index contributed by atoms with van der Waals surface area (Å²) in [6.07, 6.45) is -3.36. The fourth-order valence-electron chi connectivity index (χ4n) is 5.15. The Morgan fingerprint density at radius 2 is 1.79 bits per heavy atom. The zero-order chi connectivity index (χ0) is 30.5. The number of methoxy groups -OCH3 is 1. The summed E-state index contributed by atoms with van der Waals surface area (Å²) in [4.78, 5) is 40.1. The van der Waals surface area contributed by atoms with Crippen molar-refractivity contribution in [2.24, 2.45) is 0 Å². The van der Waals surface area contributed by atoms with Crippen LogP contribution in [0.1, 0.15) is 32.7 Å². The Bertz CT molecular complexity index is 2070. The summed E-state index contributed by atoms with van der Waals surface area (Å²) in [5.74, 6) is -0.804. The fraction of sp³-hybridized carbons (Fsp3) is 0.133. The monoisotopic (exact) mass is 585 g/mol. The molecule has 0 saturated heterocycles. The second-order valence-electron chi connectivity index (χ2n) is 9.53. The first-order valence-electron chi connectivity index (χ1n) is 12.7. The average Bonchev–Trinajstić information content (AvgIpc) is 3.60. The molecule has 0 amide bonds. The zero-order valence-electron chi connectivity index (χ0n) is 22.2. The summed E-state index contributed by atoms with van der Waals surface area (Å²) in [6, 6.07) is 16.1. The summed E-state index contributed by atoms with van der Waals surface area (Å²) in [6.45, 7) is -0.882. The molecule has 6 rings (SSSR count). The van der Waals surface area contributed by atoms with Crippen LogP contribution in [-0.2, 0) is 28.9 Å². The lowest BCUT2D eigenvalue weighted by Crippen LogP contribution is -2.27. The zero-order valence-corrected chi connectivity index (χ0v) is 22.2. The molecule has 5 aromatic rings. The Morgan fingerprint density at radius 1 is 1.02 bits per heavy atom. The number of hydrogen-bond acceptors (Lipinski definition) is 8. The van der Waals surface area contributed by atoms with Crippen LogP contribution in [0, 0.1) is 11.3 Å². The van der Waals surface area contributed by atoms with Gasteiger partial charge in [-0.25, -0.2) is 4.68 Å². The molecule has 1 aliphatic rings. The van der Waals surface area contributed by atoms with Gasteiger partial charge in [0, 0.05) is 16.3 Å². The van der Waals surface area contributed by atoms with E-state index in [1.165, 1.54) is 23.9 Å². The molecule has 0 fully saturated rings. The molecule has 214 valence electrons. The number of nitriles is 1. The van der Waals surface area contributed by atoms with Crippen LogP contribution in [-0.4, -0.2) is 38.4 Å². The maximum Gasteiger partial charge on any atom is 0.417 e. The fourth-order valence-corrected chi connectivity index (χ4v) is 5.15. The van der Waals surface area contributed by atoms with Gasteiger partial charge in [-0.05, 0) is 30.3 Å². The number of nitrogens with zero attached hydrogens (tertiary/aromatic N) is 5. The summed E-state index contributed by atoms with van der Waals surface area (Å²) in [5, 5.41) is 17.6. The van der Waals surface area contributed by atoms with Crippen molar-refractivity contribution in [2.75, 3.05) is 7.11 Å². The molecule has 0 spiro atoms. The number of rotatable bonds is 6. The van der Waals surface area contributed by atoms with Gasteiger partial charge in [-0.2, -0.15) is 18.4 Å². The largest absolute Gasteiger partial charge is 0.496 e. The Hall–Kier alpha value is -5.77. The molecule has 0 N–H and O–H groups in total. The van der Waals surface area contributed by atoms with Crippen molar-refractivity contribution in [1.29, 1.82) is 5.26 Å². The van der Waals surface area contributed by atoms with Crippen LogP contribution in [0.2, 0.25) is 0 Å². The van der Waals surface area contributed by atoms with Gasteiger partial charge in [-0.3, -0.25) is 19.0 Å².